The molecule has 0 aromatic carbocycles. The van der Waals surface area contributed by atoms with Crippen LogP contribution >= 0.6 is 0 Å². The van der Waals surface area contributed by atoms with Crippen LogP contribution in [0.2, 0.25) is 0 Å². The lowest BCUT2D eigenvalue weighted by Gasteiger charge is -2.30. The van der Waals surface area contributed by atoms with Crippen molar-refractivity contribution < 1.29 is 19.4 Å². The highest BCUT2D eigenvalue weighted by molar-refractivity contribution is 5.86. The highest BCUT2D eigenvalue weighted by Crippen LogP contribution is 2.25. The van der Waals surface area contributed by atoms with E-state index in [1.807, 2.05) is 6.92 Å². The van der Waals surface area contributed by atoms with Gasteiger partial charge in [-0.1, -0.05) is 19.8 Å². The summed E-state index contributed by atoms with van der Waals surface area (Å²) in [5, 5.41) is 9.26. The summed E-state index contributed by atoms with van der Waals surface area (Å²) in [7, 11) is 0. The molecule has 1 amide bonds. The number of carbonyl (C=O) groups is 2. The molecule has 0 saturated carbocycles. The van der Waals surface area contributed by atoms with Crippen LogP contribution in [-0.2, 0) is 14.3 Å². The van der Waals surface area contributed by atoms with Crippen molar-refractivity contribution in [2.24, 2.45) is 5.92 Å². The van der Waals surface area contributed by atoms with E-state index in [-0.39, 0.29) is 11.8 Å². The second-order valence-corrected chi connectivity index (χ2v) is 5.29. The maximum Gasteiger partial charge on any atom is 0.326 e. The number of ether oxygens (including phenoxy) is 1. The van der Waals surface area contributed by atoms with Crippen LogP contribution in [0, 0.1) is 5.92 Å². The van der Waals surface area contributed by atoms with E-state index in [1.54, 1.807) is 0 Å². The Morgan fingerprint density at radius 3 is 2.61 bits per heavy atom. The van der Waals surface area contributed by atoms with Crippen LogP contribution in [0.15, 0.2) is 0 Å². The van der Waals surface area contributed by atoms with Gasteiger partial charge in [0, 0.05) is 13.2 Å². The Balaban J connectivity index is 2.11. The second kappa shape index (κ2) is 5.69. The van der Waals surface area contributed by atoms with Gasteiger partial charge in [-0.05, 0) is 25.2 Å². The van der Waals surface area contributed by atoms with Crippen molar-refractivity contribution in [3.8, 4) is 0 Å². The van der Waals surface area contributed by atoms with Crippen LogP contribution in [0.5, 0.6) is 0 Å². The van der Waals surface area contributed by atoms with E-state index in [4.69, 9.17) is 4.74 Å². The molecule has 0 aliphatic carbocycles. The third kappa shape index (κ3) is 2.66. The molecular formula is C13H21NO4. The Morgan fingerprint density at radius 2 is 2.00 bits per heavy atom. The lowest BCUT2D eigenvalue weighted by molar-refractivity contribution is -0.155. The molecular weight excluding hydrogens is 234 g/mol. The Morgan fingerprint density at radius 1 is 1.22 bits per heavy atom. The fraction of sp³-hybridized carbons (Fsp3) is 0.846. The van der Waals surface area contributed by atoms with E-state index in [0.717, 1.165) is 25.7 Å². The highest BCUT2D eigenvalue weighted by atomic mass is 16.5. The third-order valence-electron chi connectivity index (χ3n) is 3.95. The molecule has 0 bridgehead atoms. The minimum Gasteiger partial charge on any atom is -0.480 e. The van der Waals surface area contributed by atoms with Gasteiger partial charge in [-0.25, -0.2) is 4.79 Å². The zero-order chi connectivity index (χ0) is 13.1. The minimum absolute atomic E-state index is 0.130. The summed E-state index contributed by atoms with van der Waals surface area (Å²) in [6, 6.07) is -0.670. The first-order chi connectivity index (χ1) is 8.61. The van der Waals surface area contributed by atoms with Crippen molar-refractivity contribution in [3.05, 3.63) is 0 Å². The number of carboxylic acids is 1. The van der Waals surface area contributed by atoms with E-state index >= 15 is 0 Å². The topological polar surface area (TPSA) is 66.8 Å². The number of nitrogens with zero attached hydrogens (tertiary/aromatic N) is 1. The van der Waals surface area contributed by atoms with Gasteiger partial charge in [0.2, 0.25) is 0 Å². The van der Waals surface area contributed by atoms with E-state index in [0.29, 0.717) is 19.6 Å². The molecule has 5 nitrogen and oxygen atoms in total. The monoisotopic (exact) mass is 255 g/mol. The minimum atomic E-state index is -0.893. The standard InChI is InChI=1S/C13H21NO4/c1-9-6-8-18-11(9)12(15)14-7-4-2-3-5-10(14)13(16)17/h9-11H,2-8H2,1H3,(H,16,17). The van der Waals surface area contributed by atoms with Crippen molar-refractivity contribution in [1.29, 1.82) is 0 Å². The number of amides is 1. The number of carboxylic acid groups (broad SMARTS) is 1. The van der Waals surface area contributed by atoms with Crippen LogP contribution in [0.1, 0.15) is 39.0 Å². The van der Waals surface area contributed by atoms with Crippen LogP contribution in [0.3, 0.4) is 0 Å². The maximum atomic E-state index is 12.4. The SMILES string of the molecule is CC1CCOC1C(=O)N1CCCCCC1C(=O)O. The zero-order valence-corrected chi connectivity index (χ0v) is 10.8. The van der Waals surface area contributed by atoms with Gasteiger partial charge in [0.25, 0.3) is 5.91 Å². The highest BCUT2D eigenvalue weighted by Gasteiger charge is 2.39. The second-order valence-electron chi connectivity index (χ2n) is 5.29. The van der Waals surface area contributed by atoms with Gasteiger partial charge in [-0.15, -0.1) is 0 Å². The molecule has 0 radical (unpaired) electrons. The molecule has 0 spiro atoms. The van der Waals surface area contributed by atoms with Crippen molar-refractivity contribution >= 4 is 11.9 Å². The first kappa shape index (κ1) is 13.3. The Bertz CT molecular complexity index is 331. The van der Waals surface area contributed by atoms with Crippen LogP contribution in [0.25, 0.3) is 0 Å². The van der Waals surface area contributed by atoms with Gasteiger partial charge in [0.15, 0.2) is 0 Å². The first-order valence-corrected chi connectivity index (χ1v) is 6.76. The molecule has 1 N–H and O–H groups in total. The molecule has 18 heavy (non-hydrogen) atoms. The molecule has 102 valence electrons. The van der Waals surface area contributed by atoms with E-state index in [2.05, 4.69) is 0 Å². The van der Waals surface area contributed by atoms with Crippen molar-refractivity contribution in [3.63, 3.8) is 0 Å². The van der Waals surface area contributed by atoms with Gasteiger partial charge in [0.05, 0.1) is 0 Å². The van der Waals surface area contributed by atoms with Crippen LogP contribution in [0.4, 0.5) is 0 Å². The largest absolute Gasteiger partial charge is 0.480 e. The number of aliphatic carboxylic acids is 1. The number of hydrogen-bond acceptors (Lipinski definition) is 3. The third-order valence-corrected chi connectivity index (χ3v) is 3.95. The van der Waals surface area contributed by atoms with Crippen molar-refractivity contribution in [2.45, 2.75) is 51.2 Å². The summed E-state index contributed by atoms with van der Waals surface area (Å²) in [5.74, 6) is -0.833. The number of carbonyl (C=O) groups excluding carboxylic acids is 1. The predicted octanol–water partition coefficient (Wildman–Crippen LogP) is 1.27. The average Bonchev–Trinajstić information content (AvgIpc) is 2.63. The van der Waals surface area contributed by atoms with Gasteiger partial charge >= 0.3 is 5.97 Å². The van der Waals surface area contributed by atoms with Gasteiger partial charge in [-0.2, -0.15) is 0 Å². The first-order valence-electron chi connectivity index (χ1n) is 6.76. The van der Waals surface area contributed by atoms with Crippen LogP contribution in [-0.4, -0.2) is 47.2 Å². The molecule has 2 aliphatic heterocycles. The Hall–Kier alpha value is -1.10. The van der Waals surface area contributed by atoms with E-state index in [1.165, 1.54) is 4.90 Å². The fourth-order valence-corrected chi connectivity index (χ4v) is 2.80. The van der Waals surface area contributed by atoms with Gasteiger partial charge in [0.1, 0.15) is 12.1 Å². The van der Waals surface area contributed by atoms with Gasteiger partial charge < -0.3 is 14.7 Å². The average molecular weight is 255 g/mol. The van der Waals surface area contributed by atoms with E-state index < -0.39 is 18.1 Å². The smallest absolute Gasteiger partial charge is 0.326 e. The summed E-state index contributed by atoms with van der Waals surface area (Å²) in [6.07, 6.45) is 3.75. The number of rotatable bonds is 2. The zero-order valence-electron chi connectivity index (χ0n) is 10.8. The molecule has 5 heteroatoms. The lowest BCUT2D eigenvalue weighted by atomic mass is 10.0. The molecule has 2 saturated heterocycles. The Labute approximate surface area is 107 Å². The lowest BCUT2D eigenvalue weighted by Crippen LogP contribution is -2.49. The molecule has 3 atom stereocenters. The molecule has 3 unspecified atom stereocenters. The van der Waals surface area contributed by atoms with Crippen molar-refractivity contribution in [2.75, 3.05) is 13.2 Å². The molecule has 2 fully saturated rings. The molecule has 2 aliphatic rings. The number of hydrogen-bond donors (Lipinski definition) is 1. The molecule has 2 heterocycles. The summed E-state index contributed by atoms with van der Waals surface area (Å²) in [4.78, 5) is 25.2. The summed E-state index contributed by atoms with van der Waals surface area (Å²) in [6.45, 7) is 3.13. The summed E-state index contributed by atoms with van der Waals surface area (Å²) < 4.78 is 5.46. The van der Waals surface area contributed by atoms with Crippen LogP contribution < -0.4 is 0 Å². The molecule has 0 aromatic rings. The summed E-state index contributed by atoms with van der Waals surface area (Å²) >= 11 is 0. The normalized spacial score (nSPS) is 33.2. The van der Waals surface area contributed by atoms with Gasteiger partial charge in [-0.3, -0.25) is 4.79 Å². The molecule has 0 aromatic heterocycles. The number of likely N-dealkylation sites (tertiary alicyclic amines) is 1. The van der Waals surface area contributed by atoms with Crippen molar-refractivity contribution in [1.82, 2.24) is 4.90 Å². The Kier molecular flexibility index (Phi) is 4.22. The maximum absolute atomic E-state index is 12.4. The molecule has 2 rings (SSSR count). The predicted molar refractivity (Wildman–Crippen MR) is 65.1 cm³/mol. The fourth-order valence-electron chi connectivity index (χ4n) is 2.80. The summed E-state index contributed by atoms with van der Waals surface area (Å²) in [5.41, 5.74) is 0. The quantitative estimate of drug-likeness (QED) is 0.807. The van der Waals surface area contributed by atoms with E-state index in [9.17, 15) is 14.7 Å².